The third-order valence-corrected chi connectivity index (χ3v) is 7.19. The summed E-state index contributed by atoms with van der Waals surface area (Å²) in [6.45, 7) is 3.43. The van der Waals surface area contributed by atoms with E-state index >= 15 is 0 Å². The van der Waals surface area contributed by atoms with Crippen molar-refractivity contribution in [3.8, 4) is 5.75 Å². The number of rotatable bonds is 9. The maximum Gasteiger partial charge on any atom is 0.255 e. The van der Waals surface area contributed by atoms with Gasteiger partial charge in [-0.05, 0) is 66.6 Å². The van der Waals surface area contributed by atoms with Crippen molar-refractivity contribution in [2.45, 2.75) is 6.42 Å². The van der Waals surface area contributed by atoms with Gasteiger partial charge in [0.1, 0.15) is 11.6 Å². The third-order valence-electron chi connectivity index (χ3n) is 7.19. The molecule has 1 heterocycles. The van der Waals surface area contributed by atoms with E-state index in [0.29, 0.717) is 42.9 Å². The Labute approximate surface area is 239 Å². The zero-order valence-corrected chi connectivity index (χ0v) is 23.0. The minimum Gasteiger partial charge on any atom is -0.495 e. The molecule has 5 rings (SSSR count). The number of para-hydroxylation sites is 2. The van der Waals surface area contributed by atoms with Crippen molar-refractivity contribution in [1.82, 2.24) is 5.32 Å². The number of halogens is 1. The molecule has 0 spiro atoms. The van der Waals surface area contributed by atoms with E-state index in [-0.39, 0.29) is 11.8 Å². The fraction of sp³-hybridized carbons (Fsp3) is 0.212. The molecule has 4 aromatic rings. The number of anilines is 3. The second kappa shape index (κ2) is 13.0. The molecule has 7 nitrogen and oxygen atoms in total. The van der Waals surface area contributed by atoms with Crippen LogP contribution in [0.25, 0.3) is 0 Å². The normalized spacial score (nSPS) is 13.0. The first-order valence-corrected chi connectivity index (χ1v) is 13.7. The Morgan fingerprint density at radius 3 is 2.15 bits per heavy atom. The molecule has 2 amide bonds. The van der Waals surface area contributed by atoms with Crippen LogP contribution in [0, 0.1) is 5.82 Å². The standard InChI is InChI=1S/C33H33FN4O3/c1-41-31-10-6-5-9-30(31)38-21-19-37(20-22-38)29-16-15-27(36-32(39)25-11-13-26(34)14-12-25)23-28(29)33(40)35-18-17-24-7-3-2-4-8-24/h2-16,23H,17-22H2,1H3,(H,35,40)(H,36,39). The van der Waals surface area contributed by atoms with E-state index in [9.17, 15) is 14.0 Å². The summed E-state index contributed by atoms with van der Waals surface area (Å²) in [5.74, 6) is -0.161. The van der Waals surface area contributed by atoms with Crippen LogP contribution in [0.15, 0.2) is 97.1 Å². The van der Waals surface area contributed by atoms with E-state index in [1.54, 1.807) is 19.2 Å². The number of hydrogen-bond donors (Lipinski definition) is 2. The Bertz CT molecular complexity index is 1490. The summed E-state index contributed by atoms with van der Waals surface area (Å²) in [6, 6.07) is 28.7. The zero-order chi connectivity index (χ0) is 28.6. The van der Waals surface area contributed by atoms with E-state index in [0.717, 1.165) is 35.8 Å². The molecule has 210 valence electrons. The average Bonchev–Trinajstić information content (AvgIpc) is 3.02. The molecule has 1 aliphatic heterocycles. The molecule has 2 N–H and O–H groups in total. The number of hydrogen-bond acceptors (Lipinski definition) is 5. The molecule has 1 aliphatic rings. The second-order valence-corrected chi connectivity index (χ2v) is 9.83. The lowest BCUT2D eigenvalue weighted by Gasteiger charge is -2.38. The smallest absolute Gasteiger partial charge is 0.255 e. The fourth-order valence-electron chi connectivity index (χ4n) is 5.02. The molecule has 1 saturated heterocycles. The molecule has 0 unspecified atom stereocenters. The number of ether oxygens (including phenoxy) is 1. The van der Waals surface area contributed by atoms with Crippen LogP contribution in [0.3, 0.4) is 0 Å². The minimum atomic E-state index is -0.411. The van der Waals surface area contributed by atoms with Crippen LogP contribution in [0.4, 0.5) is 21.5 Å². The number of nitrogens with zero attached hydrogens (tertiary/aromatic N) is 2. The minimum absolute atomic E-state index is 0.207. The third kappa shape index (κ3) is 6.84. The highest BCUT2D eigenvalue weighted by Gasteiger charge is 2.24. The number of nitrogens with one attached hydrogen (secondary N) is 2. The topological polar surface area (TPSA) is 73.9 Å². The van der Waals surface area contributed by atoms with Gasteiger partial charge < -0.3 is 25.2 Å². The predicted molar refractivity (Wildman–Crippen MR) is 161 cm³/mol. The van der Waals surface area contributed by atoms with E-state index in [2.05, 4.69) is 26.5 Å². The molecule has 1 fully saturated rings. The van der Waals surface area contributed by atoms with E-state index in [1.807, 2.05) is 54.6 Å². The van der Waals surface area contributed by atoms with Gasteiger partial charge in [0.25, 0.3) is 11.8 Å². The molecule has 8 heteroatoms. The van der Waals surface area contributed by atoms with Crippen molar-refractivity contribution in [1.29, 1.82) is 0 Å². The van der Waals surface area contributed by atoms with Crippen LogP contribution in [0.5, 0.6) is 5.75 Å². The highest BCUT2D eigenvalue weighted by Crippen LogP contribution is 2.31. The summed E-state index contributed by atoms with van der Waals surface area (Å²) in [6.07, 6.45) is 0.709. The first-order chi connectivity index (χ1) is 20.0. The molecule has 4 aromatic carbocycles. The Morgan fingerprint density at radius 2 is 1.44 bits per heavy atom. The maximum absolute atomic E-state index is 13.5. The highest BCUT2D eigenvalue weighted by molar-refractivity contribution is 6.06. The van der Waals surface area contributed by atoms with Crippen LogP contribution in [-0.2, 0) is 6.42 Å². The summed E-state index contributed by atoms with van der Waals surface area (Å²) < 4.78 is 18.9. The highest BCUT2D eigenvalue weighted by atomic mass is 19.1. The summed E-state index contributed by atoms with van der Waals surface area (Å²) in [4.78, 5) is 30.8. The van der Waals surface area contributed by atoms with Crippen molar-refractivity contribution in [3.63, 3.8) is 0 Å². The van der Waals surface area contributed by atoms with Gasteiger partial charge >= 0.3 is 0 Å². The van der Waals surface area contributed by atoms with Gasteiger partial charge in [-0.3, -0.25) is 9.59 Å². The largest absolute Gasteiger partial charge is 0.495 e. The summed E-state index contributed by atoms with van der Waals surface area (Å²) in [7, 11) is 1.67. The average molecular weight is 553 g/mol. The van der Waals surface area contributed by atoms with Crippen LogP contribution in [0.1, 0.15) is 26.3 Å². The second-order valence-electron chi connectivity index (χ2n) is 9.83. The fourth-order valence-corrected chi connectivity index (χ4v) is 5.02. The van der Waals surface area contributed by atoms with Crippen LogP contribution >= 0.6 is 0 Å². The first-order valence-electron chi connectivity index (χ1n) is 13.7. The van der Waals surface area contributed by atoms with Crippen molar-refractivity contribution in [2.75, 3.05) is 55.0 Å². The molecule has 0 aromatic heterocycles. The van der Waals surface area contributed by atoms with Gasteiger partial charge in [0.15, 0.2) is 0 Å². The number of piperazine rings is 1. The van der Waals surface area contributed by atoms with Crippen LogP contribution < -0.4 is 25.2 Å². The van der Waals surface area contributed by atoms with Crippen molar-refractivity contribution in [3.05, 3.63) is 120 Å². The summed E-state index contributed by atoms with van der Waals surface area (Å²) in [5.41, 5.74) is 4.30. The molecule has 0 bridgehead atoms. The SMILES string of the molecule is COc1ccccc1N1CCN(c2ccc(NC(=O)c3ccc(F)cc3)cc2C(=O)NCCc2ccccc2)CC1. The molecular weight excluding hydrogens is 519 g/mol. The lowest BCUT2D eigenvalue weighted by molar-refractivity contribution is 0.0953. The quantitative estimate of drug-likeness (QED) is 0.292. The van der Waals surface area contributed by atoms with Gasteiger partial charge in [-0.2, -0.15) is 0 Å². The molecule has 0 aliphatic carbocycles. The number of methoxy groups -OCH3 is 1. The van der Waals surface area contributed by atoms with Crippen molar-refractivity contribution < 1.29 is 18.7 Å². The Balaban J connectivity index is 1.34. The van der Waals surface area contributed by atoms with E-state index in [4.69, 9.17) is 4.74 Å². The lowest BCUT2D eigenvalue weighted by atomic mass is 10.1. The first kappa shape index (κ1) is 27.7. The summed E-state index contributed by atoms with van der Waals surface area (Å²) in [5, 5.41) is 5.89. The molecular formula is C33H33FN4O3. The van der Waals surface area contributed by atoms with E-state index < -0.39 is 5.82 Å². The number of amides is 2. The Morgan fingerprint density at radius 1 is 0.780 bits per heavy atom. The van der Waals surface area contributed by atoms with Gasteiger partial charge in [-0.15, -0.1) is 0 Å². The zero-order valence-electron chi connectivity index (χ0n) is 23.0. The monoisotopic (exact) mass is 552 g/mol. The Hall–Kier alpha value is -4.85. The van der Waals surface area contributed by atoms with E-state index in [1.165, 1.54) is 24.3 Å². The molecule has 0 saturated carbocycles. The van der Waals surface area contributed by atoms with Gasteiger partial charge in [-0.25, -0.2) is 4.39 Å². The molecule has 0 atom stereocenters. The van der Waals surface area contributed by atoms with Gasteiger partial charge in [0, 0.05) is 49.7 Å². The number of benzene rings is 4. The number of carbonyl (C=O) groups is 2. The molecule has 41 heavy (non-hydrogen) atoms. The maximum atomic E-state index is 13.5. The lowest BCUT2D eigenvalue weighted by Crippen LogP contribution is -2.47. The van der Waals surface area contributed by atoms with Gasteiger partial charge in [-0.1, -0.05) is 42.5 Å². The van der Waals surface area contributed by atoms with Gasteiger partial charge in [0.2, 0.25) is 0 Å². The van der Waals surface area contributed by atoms with Crippen LogP contribution in [0.2, 0.25) is 0 Å². The number of carbonyl (C=O) groups excluding carboxylic acids is 2. The summed E-state index contributed by atoms with van der Waals surface area (Å²) >= 11 is 0. The predicted octanol–water partition coefficient (Wildman–Crippen LogP) is 5.39. The van der Waals surface area contributed by atoms with Crippen LogP contribution in [-0.4, -0.2) is 51.6 Å². The van der Waals surface area contributed by atoms with Gasteiger partial charge in [0.05, 0.1) is 18.4 Å². The Kier molecular flexibility index (Phi) is 8.79. The molecule has 0 radical (unpaired) electrons. The van der Waals surface area contributed by atoms with Crippen molar-refractivity contribution in [2.24, 2.45) is 0 Å². The van der Waals surface area contributed by atoms with Crippen molar-refractivity contribution >= 4 is 28.9 Å².